The molecule has 0 aliphatic heterocycles. The molecule has 36 heavy (non-hydrogen) atoms. The number of amides is 3. The monoisotopic (exact) mass is 495 g/mol. The van der Waals surface area contributed by atoms with Crippen molar-refractivity contribution in [1.82, 2.24) is 10.2 Å². The van der Waals surface area contributed by atoms with Crippen LogP contribution >= 0.6 is 0 Å². The Labute approximate surface area is 215 Å². The first-order valence-electron chi connectivity index (χ1n) is 12.6. The van der Waals surface area contributed by atoms with Gasteiger partial charge in [-0.05, 0) is 71.6 Å². The molecule has 0 aliphatic carbocycles. The molecule has 2 rings (SSSR count). The van der Waals surface area contributed by atoms with E-state index in [4.69, 9.17) is 4.74 Å². The highest BCUT2D eigenvalue weighted by atomic mass is 16.6. The van der Waals surface area contributed by atoms with Gasteiger partial charge in [0.05, 0.1) is 0 Å². The van der Waals surface area contributed by atoms with E-state index in [0.717, 1.165) is 28.8 Å². The lowest BCUT2D eigenvalue weighted by Gasteiger charge is -2.34. The van der Waals surface area contributed by atoms with Crippen LogP contribution in [0.4, 0.5) is 10.5 Å². The van der Waals surface area contributed by atoms with Gasteiger partial charge < -0.3 is 20.3 Å². The molecule has 0 bridgehead atoms. The number of aryl methyl sites for hydroxylation is 3. The highest BCUT2D eigenvalue weighted by Crippen LogP contribution is 2.27. The molecular weight excluding hydrogens is 454 g/mol. The van der Waals surface area contributed by atoms with Gasteiger partial charge in [-0.15, -0.1) is 0 Å². The molecule has 2 unspecified atom stereocenters. The summed E-state index contributed by atoms with van der Waals surface area (Å²) in [5, 5.41) is 5.71. The maximum Gasteiger partial charge on any atom is 0.408 e. The summed E-state index contributed by atoms with van der Waals surface area (Å²) < 4.78 is 5.33. The number of para-hydroxylation sites is 1. The number of carbonyl (C=O) groups excluding carboxylic acids is 3. The lowest BCUT2D eigenvalue weighted by Crippen LogP contribution is -2.51. The molecule has 0 heterocycles. The smallest absolute Gasteiger partial charge is 0.408 e. The van der Waals surface area contributed by atoms with Crippen molar-refractivity contribution in [3.63, 3.8) is 0 Å². The Morgan fingerprint density at radius 1 is 1.00 bits per heavy atom. The summed E-state index contributed by atoms with van der Waals surface area (Å²) in [4.78, 5) is 41.5. The lowest BCUT2D eigenvalue weighted by molar-refractivity contribution is -0.140. The van der Waals surface area contributed by atoms with E-state index in [-0.39, 0.29) is 11.8 Å². The Kier molecular flexibility index (Phi) is 10.1. The first-order valence-corrected chi connectivity index (χ1v) is 12.6. The van der Waals surface area contributed by atoms with Gasteiger partial charge in [-0.2, -0.15) is 0 Å². The fourth-order valence-electron chi connectivity index (χ4n) is 4.01. The zero-order chi connectivity index (χ0) is 27.0. The molecule has 0 spiro atoms. The average molecular weight is 496 g/mol. The molecular formula is C29H41N3O4. The number of hydrogen-bond acceptors (Lipinski definition) is 4. The first-order chi connectivity index (χ1) is 16.8. The minimum Gasteiger partial charge on any atom is -0.444 e. The normalized spacial score (nSPS) is 12.9. The molecule has 2 atom stereocenters. The maximum absolute atomic E-state index is 13.9. The van der Waals surface area contributed by atoms with Crippen molar-refractivity contribution in [1.29, 1.82) is 0 Å². The van der Waals surface area contributed by atoms with Crippen LogP contribution in [0.15, 0.2) is 42.5 Å². The number of nitrogens with zero attached hydrogens (tertiary/aromatic N) is 1. The second-order valence-corrected chi connectivity index (χ2v) is 10.3. The van der Waals surface area contributed by atoms with Crippen LogP contribution in [-0.4, -0.2) is 41.0 Å². The number of anilines is 1. The Morgan fingerprint density at radius 2 is 1.61 bits per heavy atom. The standard InChI is InChI=1S/C29H41N3O4/c1-9-10-17-32(27(34)22(5)30-28(35)36-29(6,7)8)25(23-16-11-13-19(2)18-23)26(33)31-24-20(3)14-12-15-21(24)4/h11-16,18,22,25H,9-10,17H2,1-8H3,(H,30,35)(H,31,33). The summed E-state index contributed by atoms with van der Waals surface area (Å²) in [6, 6.07) is 11.7. The third-order valence-electron chi connectivity index (χ3n) is 5.79. The van der Waals surface area contributed by atoms with Crippen molar-refractivity contribution < 1.29 is 19.1 Å². The van der Waals surface area contributed by atoms with Crippen molar-refractivity contribution in [2.75, 3.05) is 11.9 Å². The van der Waals surface area contributed by atoms with E-state index in [1.54, 1.807) is 32.6 Å². The third-order valence-corrected chi connectivity index (χ3v) is 5.79. The van der Waals surface area contributed by atoms with Crippen LogP contribution < -0.4 is 10.6 Å². The van der Waals surface area contributed by atoms with E-state index in [2.05, 4.69) is 10.6 Å². The number of ether oxygens (including phenoxy) is 1. The summed E-state index contributed by atoms with van der Waals surface area (Å²) in [6.45, 7) is 15.1. The zero-order valence-corrected chi connectivity index (χ0v) is 22.9. The SMILES string of the molecule is CCCCN(C(=O)C(C)NC(=O)OC(C)(C)C)C(C(=O)Nc1c(C)cccc1C)c1cccc(C)c1. The Balaban J connectivity index is 2.46. The van der Waals surface area contributed by atoms with Crippen LogP contribution in [0.1, 0.15) is 75.8 Å². The number of carbonyl (C=O) groups is 3. The zero-order valence-electron chi connectivity index (χ0n) is 22.9. The molecule has 196 valence electrons. The summed E-state index contributed by atoms with van der Waals surface area (Å²) in [5.74, 6) is -0.649. The van der Waals surface area contributed by atoms with Gasteiger partial charge in [0.15, 0.2) is 0 Å². The van der Waals surface area contributed by atoms with E-state index in [1.165, 1.54) is 0 Å². The van der Waals surface area contributed by atoms with Gasteiger partial charge >= 0.3 is 6.09 Å². The Morgan fingerprint density at radius 3 is 2.17 bits per heavy atom. The second-order valence-electron chi connectivity index (χ2n) is 10.3. The maximum atomic E-state index is 13.9. The summed E-state index contributed by atoms with van der Waals surface area (Å²) in [5.41, 5.74) is 3.63. The van der Waals surface area contributed by atoms with Gasteiger partial charge in [0.1, 0.15) is 17.7 Å². The predicted octanol–water partition coefficient (Wildman–Crippen LogP) is 5.83. The Hall–Kier alpha value is -3.35. The number of nitrogens with one attached hydrogen (secondary N) is 2. The largest absolute Gasteiger partial charge is 0.444 e. The number of unbranched alkanes of at least 4 members (excludes halogenated alkanes) is 1. The van der Waals surface area contributed by atoms with Crippen LogP contribution in [0.2, 0.25) is 0 Å². The van der Waals surface area contributed by atoms with Crippen LogP contribution in [-0.2, 0) is 14.3 Å². The van der Waals surface area contributed by atoms with Gasteiger partial charge in [-0.3, -0.25) is 9.59 Å². The van der Waals surface area contributed by atoms with E-state index in [1.807, 2.05) is 70.2 Å². The molecule has 0 fully saturated rings. The molecule has 7 nitrogen and oxygen atoms in total. The topological polar surface area (TPSA) is 87.7 Å². The van der Waals surface area contributed by atoms with E-state index >= 15 is 0 Å². The van der Waals surface area contributed by atoms with Gasteiger partial charge in [-0.25, -0.2) is 4.79 Å². The van der Waals surface area contributed by atoms with Crippen molar-refractivity contribution in [2.45, 2.75) is 85.9 Å². The second kappa shape index (κ2) is 12.6. The first kappa shape index (κ1) is 28.9. The summed E-state index contributed by atoms with van der Waals surface area (Å²) >= 11 is 0. The van der Waals surface area contributed by atoms with E-state index < -0.39 is 23.8 Å². The van der Waals surface area contributed by atoms with Crippen LogP contribution in [0.25, 0.3) is 0 Å². The highest BCUT2D eigenvalue weighted by Gasteiger charge is 2.34. The number of alkyl carbamates (subject to hydrolysis) is 1. The minimum atomic E-state index is -0.878. The molecule has 2 aromatic carbocycles. The van der Waals surface area contributed by atoms with Gasteiger partial charge in [0.25, 0.3) is 5.91 Å². The average Bonchev–Trinajstić information content (AvgIpc) is 2.77. The summed E-state index contributed by atoms with van der Waals surface area (Å²) in [7, 11) is 0. The van der Waals surface area contributed by atoms with E-state index in [0.29, 0.717) is 18.5 Å². The molecule has 0 aliphatic rings. The molecule has 2 N–H and O–H groups in total. The minimum absolute atomic E-state index is 0.299. The van der Waals surface area contributed by atoms with Crippen molar-refractivity contribution in [2.24, 2.45) is 0 Å². The van der Waals surface area contributed by atoms with Gasteiger partial charge in [0, 0.05) is 12.2 Å². The van der Waals surface area contributed by atoms with Crippen molar-refractivity contribution in [3.05, 3.63) is 64.7 Å². The van der Waals surface area contributed by atoms with Crippen LogP contribution in [0.3, 0.4) is 0 Å². The van der Waals surface area contributed by atoms with Gasteiger partial charge in [0.2, 0.25) is 5.91 Å². The number of benzene rings is 2. The molecule has 3 amide bonds. The summed E-state index contributed by atoms with van der Waals surface area (Å²) in [6.07, 6.45) is 0.881. The van der Waals surface area contributed by atoms with E-state index in [9.17, 15) is 14.4 Å². The van der Waals surface area contributed by atoms with Crippen molar-refractivity contribution >= 4 is 23.6 Å². The quantitative estimate of drug-likeness (QED) is 0.458. The van der Waals surface area contributed by atoms with Crippen LogP contribution in [0, 0.1) is 20.8 Å². The molecule has 2 aromatic rings. The fraction of sp³-hybridized carbons (Fsp3) is 0.483. The number of hydrogen-bond donors (Lipinski definition) is 2. The predicted molar refractivity (Wildman–Crippen MR) is 144 cm³/mol. The molecule has 0 saturated heterocycles. The molecule has 0 saturated carbocycles. The highest BCUT2D eigenvalue weighted by molar-refractivity contribution is 5.99. The lowest BCUT2D eigenvalue weighted by atomic mass is 10.00. The fourth-order valence-corrected chi connectivity index (χ4v) is 4.01. The number of rotatable bonds is 9. The van der Waals surface area contributed by atoms with Crippen LogP contribution in [0.5, 0.6) is 0 Å². The third kappa shape index (κ3) is 8.11. The molecule has 0 aromatic heterocycles. The van der Waals surface area contributed by atoms with Crippen molar-refractivity contribution in [3.8, 4) is 0 Å². The molecule has 0 radical (unpaired) electrons. The van der Waals surface area contributed by atoms with Gasteiger partial charge in [-0.1, -0.05) is 61.4 Å². The molecule has 7 heteroatoms. The Bertz CT molecular complexity index is 1050.